The number of nitrogens with zero attached hydrogens (tertiary/aromatic N) is 1. The molecule has 2 rings (SSSR count). The highest BCUT2D eigenvalue weighted by Gasteiger charge is 2.25. The molecule has 0 aliphatic heterocycles. The minimum absolute atomic E-state index is 0.132. The van der Waals surface area contributed by atoms with E-state index in [2.05, 4.69) is 0 Å². The summed E-state index contributed by atoms with van der Waals surface area (Å²) in [5.74, 6) is 0. The van der Waals surface area contributed by atoms with Crippen LogP contribution in [0.2, 0.25) is 0 Å². The van der Waals surface area contributed by atoms with Crippen molar-refractivity contribution in [2.24, 2.45) is 0 Å². The van der Waals surface area contributed by atoms with Gasteiger partial charge >= 0.3 is 0 Å². The molecule has 0 heterocycles. The van der Waals surface area contributed by atoms with Crippen molar-refractivity contribution in [2.45, 2.75) is 9.79 Å². The van der Waals surface area contributed by atoms with E-state index >= 15 is 0 Å². The lowest BCUT2D eigenvalue weighted by atomic mass is 10.1. The van der Waals surface area contributed by atoms with Crippen molar-refractivity contribution in [1.29, 1.82) is 0 Å². The Balaban J connectivity index is 3.08. The maximum absolute atomic E-state index is 11.3. The van der Waals surface area contributed by atoms with Gasteiger partial charge in [-0.15, -0.1) is 0 Å². The summed E-state index contributed by atoms with van der Waals surface area (Å²) in [5.41, 5.74) is -0.867. The van der Waals surface area contributed by atoms with Crippen LogP contribution in [0.5, 0.6) is 0 Å². The molecule has 0 saturated heterocycles. The molecule has 0 radical (unpaired) electrons. The quantitative estimate of drug-likeness (QED) is 0.483. The van der Waals surface area contributed by atoms with Gasteiger partial charge in [0.1, 0.15) is 9.79 Å². The molecule has 0 spiro atoms. The van der Waals surface area contributed by atoms with Gasteiger partial charge in [0.2, 0.25) is 0 Å². The SMILES string of the molecule is O=[N+]([O-])c1cc(S(=O)(=O)O)cc2cccc(S(=O)(=O)O)c12. The molecule has 0 unspecified atom stereocenters. The fourth-order valence-electron chi connectivity index (χ4n) is 1.85. The van der Waals surface area contributed by atoms with E-state index in [4.69, 9.17) is 9.11 Å². The molecule has 0 amide bonds. The summed E-state index contributed by atoms with van der Waals surface area (Å²) in [6, 6.07) is 4.71. The van der Waals surface area contributed by atoms with Gasteiger partial charge in [-0.2, -0.15) is 16.8 Å². The van der Waals surface area contributed by atoms with Gasteiger partial charge < -0.3 is 0 Å². The van der Waals surface area contributed by atoms with Crippen LogP contribution in [0, 0.1) is 10.1 Å². The molecular weight excluding hydrogens is 326 g/mol. The van der Waals surface area contributed by atoms with Crippen LogP contribution >= 0.6 is 0 Å². The first kappa shape index (κ1) is 15.3. The molecule has 0 saturated carbocycles. The summed E-state index contributed by atoms with van der Waals surface area (Å²) < 4.78 is 62.8. The standard InChI is InChI=1S/C10H7NO8S2/c12-11(13)8-5-7(20(14,15)16)4-6-2-1-3-9(10(6)8)21(17,18)19/h1-5H,(H,14,15,16)(H,17,18,19). The molecule has 112 valence electrons. The van der Waals surface area contributed by atoms with Crippen molar-refractivity contribution in [1.82, 2.24) is 0 Å². The first-order chi connectivity index (χ1) is 9.51. The molecule has 0 aliphatic carbocycles. The minimum atomic E-state index is -4.75. The van der Waals surface area contributed by atoms with Gasteiger partial charge in [0.15, 0.2) is 0 Å². The number of benzene rings is 2. The first-order valence-electron chi connectivity index (χ1n) is 5.18. The second-order valence-corrected chi connectivity index (χ2v) is 6.82. The number of rotatable bonds is 3. The molecular formula is C10H7NO8S2. The third kappa shape index (κ3) is 2.85. The lowest BCUT2D eigenvalue weighted by Crippen LogP contribution is -2.04. The summed E-state index contributed by atoms with van der Waals surface area (Å²) >= 11 is 0. The Kier molecular flexibility index (Phi) is 3.45. The van der Waals surface area contributed by atoms with Crippen molar-refractivity contribution in [2.75, 3.05) is 0 Å². The Labute approximate surface area is 118 Å². The highest BCUT2D eigenvalue weighted by Crippen LogP contribution is 2.34. The Hall–Kier alpha value is -2.08. The lowest BCUT2D eigenvalue weighted by molar-refractivity contribution is -0.383. The third-order valence-electron chi connectivity index (χ3n) is 2.66. The number of fused-ring (bicyclic) bond motifs is 1. The van der Waals surface area contributed by atoms with E-state index < -0.39 is 46.0 Å². The summed E-state index contributed by atoms with van der Waals surface area (Å²) in [4.78, 5) is 8.53. The molecule has 2 aromatic carbocycles. The molecule has 2 aromatic rings. The smallest absolute Gasteiger partial charge is 0.282 e. The van der Waals surface area contributed by atoms with Crippen LogP contribution in [0.3, 0.4) is 0 Å². The van der Waals surface area contributed by atoms with Gasteiger partial charge in [-0.25, -0.2) is 0 Å². The topological polar surface area (TPSA) is 152 Å². The predicted octanol–water partition coefficient (Wildman–Crippen LogP) is 1.24. The number of non-ortho nitro benzene ring substituents is 1. The van der Waals surface area contributed by atoms with Crippen LogP contribution in [0.15, 0.2) is 40.1 Å². The average Bonchev–Trinajstić information content (AvgIpc) is 2.34. The molecule has 0 bridgehead atoms. The molecule has 0 aliphatic rings. The molecule has 0 atom stereocenters. The number of hydrogen-bond acceptors (Lipinski definition) is 6. The number of hydrogen-bond donors (Lipinski definition) is 2. The van der Waals surface area contributed by atoms with E-state index in [9.17, 15) is 26.9 Å². The normalized spacial score (nSPS) is 12.5. The van der Waals surface area contributed by atoms with Gasteiger partial charge in [0, 0.05) is 6.07 Å². The number of nitro groups is 1. The molecule has 21 heavy (non-hydrogen) atoms. The van der Waals surface area contributed by atoms with E-state index in [0.717, 1.165) is 12.1 Å². The van der Waals surface area contributed by atoms with E-state index in [1.165, 1.54) is 12.1 Å². The van der Waals surface area contributed by atoms with Gasteiger partial charge in [-0.05, 0) is 17.5 Å². The highest BCUT2D eigenvalue weighted by atomic mass is 32.2. The maximum atomic E-state index is 11.3. The lowest BCUT2D eigenvalue weighted by Gasteiger charge is -2.06. The molecule has 9 nitrogen and oxygen atoms in total. The highest BCUT2D eigenvalue weighted by molar-refractivity contribution is 7.86. The summed E-state index contributed by atoms with van der Waals surface area (Å²) in [5, 5.41) is 10.4. The second kappa shape index (κ2) is 4.73. The van der Waals surface area contributed by atoms with Crippen molar-refractivity contribution >= 4 is 36.7 Å². The predicted molar refractivity (Wildman–Crippen MR) is 70.2 cm³/mol. The maximum Gasteiger partial charge on any atom is 0.295 e. The van der Waals surface area contributed by atoms with Crippen LogP contribution < -0.4 is 0 Å². The average molecular weight is 333 g/mol. The van der Waals surface area contributed by atoms with E-state index in [1.807, 2.05) is 0 Å². The zero-order chi connectivity index (χ0) is 16.0. The summed E-state index contributed by atoms with van der Waals surface area (Å²) in [6.45, 7) is 0. The van der Waals surface area contributed by atoms with Crippen molar-refractivity contribution in [3.8, 4) is 0 Å². The molecule has 11 heteroatoms. The Morgan fingerprint density at radius 2 is 1.62 bits per heavy atom. The van der Waals surface area contributed by atoms with Gasteiger partial charge in [-0.3, -0.25) is 19.2 Å². The zero-order valence-corrected chi connectivity index (χ0v) is 11.6. The Morgan fingerprint density at radius 1 is 1.00 bits per heavy atom. The van der Waals surface area contributed by atoms with Crippen LogP contribution in [0.25, 0.3) is 10.8 Å². The van der Waals surface area contributed by atoms with Crippen molar-refractivity contribution in [3.63, 3.8) is 0 Å². The van der Waals surface area contributed by atoms with Crippen LogP contribution in [-0.2, 0) is 20.2 Å². The monoisotopic (exact) mass is 333 g/mol. The molecule has 0 aromatic heterocycles. The Morgan fingerprint density at radius 3 is 2.10 bits per heavy atom. The minimum Gasteiger partial charge on any atom is -0.282 e. The van der Waals surface area contributed by atoms with E-state index in [-0.39, 0.29) is 5.39 Å². The second-order valence-electron chi connectivity index (χ2n) is 4.00. The molecule has 2 N–H and O–H groups in total. The first-order valence-corrected chi connectivity index (χ1v) is 8.06. The third-order valence-corrected chi connectivity index (χ3v) is 4.39. The summed E-state index contributed by atoms with van der Waals surface area (Å²) in [6.07, 6.45) is 0. The zero-order valence-electron chi connectivity index (χ0n) is 9.99. The summed E-state index contributed by atoms with van der Waals surface area (Å²) in [7, 11) is -9.47. The van der Waals surface area contributed by atoms with E-state index in [0.29, 0.717) is 6.07 Å². The van der Waals surface area contributed by atoms with Crippen molar-refractivity contribution in [3.05, 3.63) is 40.4 Å². The van der Waals surface area contributed by atoms with Crippen LogP contribution in [0.1, 0.15) is 0 Å². The fraction of sp³-hybridized carbons (Fsp3) is 0. The van der Waals surface area contributed by atoms with Crippen molar-refractivity contribution < 1.29 is 30.9 Å². The largest absolute Gasteiger partial charge is 0.295 e. The van der Waals surface area contributed by atoms with E-state index in [1.54, 1.807) is 0 Å². The van der Waals surface area contributed by atoms with Gasteiger partial charge in [0.05, 0.1) is 10.3 Å². The van der Waals surface area contributed by atoms with Crippen LogP contribution in [0.4, 0.5) is 5.69 Å². The molecule has 0 fully saturated rings. The number of nitro benzene ring substituents is 1. The van der Waals surface area contributed by atoms with Gasteiger partial charge in [-0.1, -0.05) is 12.1 Å². The van der Waals surface area contributed by atoms with Gasteiger partial charge in [0.25, 0.3) is 25.9 Å². The van der Waals surface area contributed by atoms with Crippen LogP contribution in [-0.4, -0.2) is 30.9 Å². The fourth-order valence-corrected chi connectivity index (χ4v) is 3.12. The Bertz CT molecular complexity index is 962.